The van der Waals surface area contributed by atoms with Crippen molar-refractivity contribution < 1.29 is 4.79 Å². The van der Waals surface area contributed by atoms with E-state index in [0.717, 1.165) is 67.2 Å². The Balaban J connectivity index is 1.78. The molecular weight excluding hydrogens is 438 g/mol. The second kappa shape index (κ2) is 8.39. The summed E-state index contributed by atoms with van der Waals surface area (Å²) in [6.07, 6.45) is 6.96. The summed E-state index contributed by atoms with van der Waals surface area (Å²) in [5.74, 6) is -0.247. The number of aromatic amines is 1. The number of nitrogens with zero attached hydrogens (tertiary/aromatic N) is 5. The first-order valence-electron chi connectivity index (χ1n) is 11.3. The number of anilines is 1. The van der Waals surface area contributed by atoms with Crippen LogP contribution < -0.4 is 5.32 Å². The van der Waals surface area contributed by atoms with Gasteiger partial charge in [0.15, 0.2) is 0 Å². The predicted octanol–water partition coefficient (Wildman–Crippen LogP) is 5.08. The standard InChI is InChI=1S/C27H27N7O/c1-7-23(35)30-22-11-18(9-8-15(22)2)25-21-10-19(24-16(3)32-34(6)17(24)4)12-28-27(21)31-26(25)20-13-29-33(5)14-20/h7-14H,1H2,2-6H3,(H,28,31)(H,30,35). The molecule has 0 aliphatic heterocycles. The van der Waals surface area contributed by atoms with Crippen LogP contribution in [0, 0.1) is 20.8 Å². The number of benzene rings is 1. The van der Waals surface area contributed by atoms with E-state index in [9.17, 15) is 4.79 Å². The molecular formula is C27H27N7O. The lowest BCUT2D eigenvalue weighted by atomic mass is 9.96. The first-order chi connectivity index (χ1) is 16.8. The Morgan fingerprint density at radius 3 is 2.51 bits per heavy atom. The molecule has 4 aromatic heterocycles. The highest BCUT2D eigenvalue weighted by Crippen LogP contribution is 2.40. The van der Waals surface area contributed by atoms with Crippen LogP contribution in [-0.2, 0) is 18.9 Å². The molecule has 176 valence electrons. The molecule has 0 aliphatic rings. The van der Waals surface area contributed by atoms with Crippen LogP contribution in [0.5, 0.6) is 0 Å². The summed E-state index contributed by atoms with van der Waals surface area (Å²) in [5, 5.41) is 12.8. The van der Waals surface area contributed by atoms with E-state index in [1.54, 1.807) is 4.68 Å². The van der Waals surface area contributed by atoms with Crippen molar-refractivity contribution in [2.45, 2.75) is 20.8 Å². The minimum Gasteiger partial charge on any atom is -0.339 e. The molecule has 8 heteroatoms. The second-order valence-corrected chi connectivity index (χ2v) is 8.79. The number of H-pyrrole nitrogens is 1. The normalized spacial score (nSPS) is 11.2. The van der Waals surface area contributed by atoms with Crippen molar-refractivity contribution in [3.8, 4) is 33.5 Å². The van der Waals surface area contributed by atoms with E-state index in [0.29, 0.717) is 0 Å². The molecule has 0 aliphatic carbocycles. The summed E-state index contributed by atoms with van der Waals surface area (Å²) in [4.78, 5) is 20.3. The van der Waals surface area contributed by atoms with Crippen molar-refractivity contribution in [2.24, 2.45) is 14.1 Å². The Bertz CT molecular complexity index is 1620. The number of aromatic nitrogens is 6. The van der Waals surface area contributed by atoms with Crippen LogP contribution in [-0.4, -0.2) is 35.4 Å². The number of carbonyl (C=O) groups is 1. The zero-order chi connectivity index (χ0) is 24.9. The molecule has 0 radical (unpaired) electrons. The van der Waals surface area contributed by atoms with Gasteiger partial charge in [0.2, 0.25) is 5.91 Å². The first-order valence-corrected chi connectivity index (χ1v) is 11.3. The van der Waals surface area contributed by atoms with Crippen molar-refractivity contribution in [2.75, 3.05) is 5.32 Å². The van der Waals surface area contributed by atoms with Gasteiger partial charge in [-0.05, 0) is 50.1 Å². The van der Waals surface area contributed by atoms with Gasteiger partial charge in [-0.25, -0.2) is 4.98 Å². The van der Waals surface area contributed by atoms with E-state index in [4.69, 9.17) is 4.98 Å². The third kappa shape index (κ3) is 3.82. The number of hydrogen-bond acceptors (Lipinski definition) is 4. The van der Waals surface area contributed by atoms with Gasteiger partial charge in [-0.3, -0.25) is 14.2 Å². The van der Waals surface area contributed by atoms with Crippen LogP contribution in [0.4, 0.5) is 5.69 Å². The number of pyridine rings is 1. The van der Waals surface area contributed by atoms with Crippen molar-refractivity contribution >= 4 is 22.6 Å². The van der Waals surface area contributed by atoms with Crippen molar-refractivity contribution in [1.82, 2.24) is 29.5 Å². The molecule has 0 unspecified atom stereocenters. The van der Waals surface area contributed by atoms with Crippen LogP contribution in [0.1, 0.15) is 17.0 Å². The van der Waals surface area contributed by atoms with Gasteiger partial charge in [-0.15, -0.1) is 0 Å². The highest BCUT2D eigenvalue weighted by Gasteiger charge is 2.20. The fraction of sp³-hybridized carbons (Fsp3) is 0.185. The molecule has 5 rings (SSSR count). The lowest BCUT2D eigenvalue weighted by molar-refractivity contribution is -0.111. The maximum absolute atomic E-state index is 12.0. The summed E-state index contributed by atoms with van der Waals surface area (Å²) in [5.41, 5.74) is 10.4. The van der Waals surface area contributed by atoms with E-state index in [-0.39, 0.29) is 5.91 Å². The van der Waals surface area contributed by atoms with Gasteiger partial charge in [-0.1, -0.05) is 18.7 Å². The van der Waals surface area contributed by atoms with Crippen molar-refractivity contribution in [3.63, 3.8) is 0 Å². The Hall–Kier alpha value is -4.46. The molecule has 0 bridgehead atoms. The highest BCUT2D eigenvalue weighted by atomic mass is 16.1. The summed E-state index contributed by atoms with van der Waals surface area (Å²) in [6, 6.07) is 8.22. The number of fused-ring (bicyclic) bond motifs is 1. The third-order valence-electron chi connectivity index (χ3n) is 6.41. The van der Waals surface area contributed by atoms with Crippen LogP contribution in [0.25, 0.3) is 44.5 Å². The van der Waals surface area contributed by atoms with Gasteiger partial charge in [0.1, 0.15) is 5.65 Å². The van der Waals surface area contributed by atoms with Gasteiger partial charge in [0, 0.05) is 65.5 Å². The zero-order valence-electron chi connectivity index (χ0n) is 20.5. The van der Waals surface area contributed by atoms with Gasteiger partial charge < -0.3 is 10.3 Å². The monoisotopic (exact) mass is 465 g/mol. The molecule has 0 fully saturated rings. The quantitative estimate of drug-likeness (QED) is 0.354. The van der Waals surface area contributed by atoms with Gasteiger partial charge in [0.25, 0.3) is 0 Å². The van der Waals surface area contributed by atoms with E-state index < -0.39 is 0 Å². The second-order valence-electron chi connectivity index (χ2n) is 8.79. The molecule has 2 N–H and O–H groups in total. The minimum absolute atomic E-state index is 0.247. The molecule has 0 spiro atoms. The number of hydrogen-bond donors (Lipinski definition) is 2. The SMILES string of the molecule is C=CC(=O)Nc1cc(-c2c(-c3cnn(C)c3)[nH]c3ncc(-c4c(C)nn(C)c4C)cc23)ccc1C. The van der Waals surface area contributed by atoms with Gasteiger partial charge in [-0.2, -0.15) is 10.2 Å². The molecule has 0 saturated heterocycles. The van der Waals surface area contributed by atoms with Crippen LogP contribution >= 0.6 is 0 Å². The summed E-state index contributed by atoms with van der Waals surface area (Å²) >= 11 is 0. The number of aryl methyl sites for hydroxylation is 4. The Morgan fingerprint density at radius 2 is 1.86 bits per heavy atom. The number of amides is 1. The van der Waals surface area contributed by atoms with E-state index in [1.165, 1.54) is 6.08 Å². The Labute approximate surface area is 203 Å². The molecule has 4 heterocycles. The van der Waals surface area contributed by atoms with E-state index in [1.807, 2.05) is 63.3 Å². The minimum atomic E-state index is -0.247. The lowest BCUT2D eigenvalue weighted by Gasteiger charge is -2.11. The van der Waals surface area contributed by atoms with Crippen LogP contribution in [0.15, 0.2) is 55.5 Å². The van der Waals surface area contributed by atoms with E-state index >= 15 is 0 Å². The molecule has 0 saturated carbocycles. The Morgan fingerprint density at radius 1 is 1.06 bits per heavy atom. The molecule has 0 atom stereocenters. The van der Waals surface area contributed by atoms with Crippen LogP contribution in [0.3, 0.4) is 0 Å². The summed E-state index contributed by atoms with van der Waals surface area (Å²) in [7, 11) is 3.84. The van der Waals surface area contributed by atoms with Crippen molar-refractivity contribution in [3.05, 3.63) is 72.5 Å². The largest absolute Gasteiger partial charge is 0.339 e. The zero-order valence-corrected chi connectivity index (χ0v) is 20.5. The number of nitrogens with one attached hydrogen (secondary N) is 2. The molecule has 1 aromatic carbocycles. The molecule has 8 nitrogen and oxygen atoms in total. The Kier molecular flexibility index (Phi) is 5.36. The lowest BCUT2D eigenvalue weighted by Crippen LogP contribution is -2.08. The van der Waals surface area contributed by atoms with Crippen LogP contribution in [0.2, 0.25) is 0 Å². The van der Waals surface area contributed by atoms with Crippen molar-refractivity contribution in [1.29, 1.82) is 0 Å². The fourth-order valence-electron chi connectivity index (χ4n) is 4.56. The molecule has 1 amide bonds. The summed E-state index contributed by atoms with van der Waals surface area (Å²) < 4.78 is 3.67. The highest BCUT2D eigenvalue weighted by molar-refractivity contribution is 6.05. The smallest absolute Gasteiger partial charge is 0.247 e. The average Bonchev–Trinajstić information content (AvgIpc) is 3.50. The maximum Gasteiger partial charge on any atom is 0.247 e. The average molecular weight is 466 g/mol. The molecule has 5 aromatic rings. The van der Waals surface area contributed by atoms with Gasteiger partial charge >= 0.3 is 0 Å². The third-order valence-corrected chi connectivity index (χ3v) is 6.41. The number of carbonyl (C=O) groups excluding carboxylic acids is 1. The first kappa shape index (κ1) is 22.3. The topological polar surface area (TPSA) is 93.4 Å². The fourth-order valence-corrected chi connectivity index (χ4v) is 4.56. The maximum atomic E-state index is 12.0. The number of rotatable bonds is 5. The predicted molar refractivity (Wildman–Crippen MR) is 139 cm³/mol. The van der Waals surface area contributed by atoms with Gasteiger partial charge in [0.05, 0.1) is 17.6 Å². The summed E-state index contributed by atoms with van der Waals surface area (Å²) in [6.45, 7) is 9.61. The molecule has 35 heavy (non-hydrogen) atoms. The van der Waals surface area contributed by atoms with E-state index in [2.05, 4.69) is 46.1 Å².